The highest BCUT2D eigenvalue weighted by atomic mass is 16.5. The van der Waals surface area contributed by atoms with Crippen LogP contribution in [0.4, 0.5) is 0 Å². The number of benzene rings is 1. The molecule has 5 N–H and O–H groups in total. The van der Waals surface area contributed by atoms with E-state index in [9.17, 15) is 29.1 Å². The highest BCUT2D eigenvalue weighted by Crippen LogP contribution is 2.31. The molecule has 13 heteroatoms. The average molecular weight is 646 g/mol. The number of ether oxygens (including phenoxy) is 2. The standard InChI is InChI=1S/C33H51N5O8/c1-21(2)18-25-31(42)37-30(22(3)39)32(43)35-14-5-6-16-38(33(44)24-10-11-24)17-7-15-34-29(41)20-46-26-12-8-23(19-27(26)45-4)9-13-28(40)36-25/h8,12,19,21-22,24-25,30,39H,5-7,9-11,13-18,20H2,1-4H3,(H,34,41)(H,35,43)(H,36,40)(H,37,42)/t22-,25-,30+/m1/s1. The third-order valence-corrected chi connectivity index (χ3v) is 7.97. The number of nitrogens with zero attached hydrogens (tertiary/aromatic N) is 1. The third-order valence-electron chi connectivity index (χ3n) is 7.97. The van der Waals surface area contributed by atoms with Gasteiger partial charge in [0.2, 0.25) is 23.6 Å². The van der Waals surface area contributed by atoms with Gasteiger partial charge in [-0.15, -0.1) is 0 Å². The Morgan fingerprint density at radius 1 is 0.957 bits per heavy atom. The molecule has 3 aliphatic rings. The van der Waals surface area contributed by atoms with Crippen molar-refractivity contribution in [1.29, 1.82) is 0 Å². The molecule has 3 atom stereocenters. The highest BCUT2D eigenvalue weighted by Gasteiger charge is 2.33. The predicted molar refractivity (Wildman–Crippen MR) is 171 cm³/mol. The minimum atomic E-state index is -1.20. The fourth-order valence-corrected chi connectivity index (χ4v) is 5.24. The first-order valence-electron chi connectivity index (χ1n) is 16.4. The zero-order valence-electron chi connectivity index (χ0n) is 27.6. The number of hydrogen-bond donors (Lipinski definition) is 5. The van der Waals surface area contributed by atoms with Gasteiger partial charge in [0.25, 0.3) is 5.91 Å². The van der Waals surface area contributed by atoms with Crippen LogP contribution >= 0.6 is 0 Å². The molecule has 1 saturated carbocycles. The minimum absolute atomic E-state index is 0.0594. The molecule has 0 unspecified atom stereocenters. The summed E-state index contributed by atoms with van der Waals surface area (Å²) in [6.45, 7) is 6.78. The summed E-state index contributed by atoms with van der Waals surface area (Å²) >= 11 is 0. The van der Waals surface area contributed by atoms with E-state index in [0.717, 1.165) is 18.4 Å². The van der Waals surface area contributed by atoms with Crippen molar-refractivity contribution in [1.82, 2.24) is 26.2 Å². The molecule has 2 aliphatic heterocycles. The van der Waals surface area contributed by atoms with E-state index in [1.807, 2.05) is 18.7 Å². The van der Waals surface area contributed by atoms with Crippen LogP contribution in [0.3, 0.4) is 0 Å². The van der Waals surface area contributed by atoms with Crippen molar-refractivity contribution in [2.24, 2.45) is 11.8 Å². The Hall–Kier alpha value is -3.87. The molecule has 256 valence electrons. The molecule has 2 bridgehead atoms. The van der Waals surface area contributed by atoms with Crippen LogP contribution in [-0.4, -0.2) is 97.6 Å². The third kappa shape index (κ3) is 12.1. The number of fused-ring (bicyclic) bond motifs is 23. The van der Waals surface area contributed by atoms with Crippen molar-refractivity contribution in [2.45, 2.75) is 90.3 Å². The van der Waals surface area contributed by atoms with Crippen LogP contribution in [0.1, 0.15) is 71.3 Å². The summed E-state index contributed by atoms with van der Waals surface area (Å²) in [5.74, 6) is -0.666. The molecule has 1 aliphatic carbocycles. The van der Waals surface area contributed by atoms with Gasteiger partial charge in [0.1, 0.15) is 12.1 Å². The lowest BCUT2D eigenvalue weighted by Crippen LogP contribution is -2.57. The van der Waals surface area contributed by atoms with Crippen molar-refractivity contribution in [3.8, 4) is 11.5 Å². The van der Waals surface area contributed by atoms with Crippen molar-refractivity contribution < 1.29 is 38.6 Å². The van der Waals surface area contributed by atoms with E-state index in [0.29, 0.717) is 69.8 Å². The first-order valence-corrected chi connectivity index (χ1v) is 16.4. The summed E-state index contributed by atoms with van der Waals surface area (Å²) in [4.78, 5) is 66.3. The molecule has 0 spiro atoms. The maximum atomic E-state index is 13.3. The smallest absolute Gasteiger partial charge is 0.257 e. The van der Waals surface area contributed by atoms with Crippen LogP contribution in [0.15, 0.2) is 18.2 Å². The first kappa shape index (κ1) is 36.6. The maximum Gasteiger partial charge on any atom is 0.257 e. The average Bonchev–Trinajstić information content (AvgIpc) is 3.86. The van der Waals surface area contributed by atoms with Gasteiger partial charge in [0.05, 0.1) is 13.2 Å². The number of carbonyl (C=O) groups is 5. The molecular weight excluding hydrogens is 594 g/mol. The lowest BCUT2D eigenvalue weighted by atomic mass is 10.0. The van der Waals surface area contributed by atoms with E-state index in [1.54, 1.807) is 18.2 Å². The zero-order chi connectivity index (χ0) is 33.6. The Balaban J connectivity index is 1.74. The number of rotatable bonds is 5. The Bertz CT molecular complexity index is 1200. The molecule has 0 saturated heterocycles. The van der Waals surface area contributed by atoms with Crippen LogP contribution in [0.25, 0.3) is 0 Å². The van der Waals surface area contributed by atoms with Crippen molar-refractivity contribution in [3.05, 3.63) is 23.8 Å². The summed E-state index contributed by atoms with van der Waals surface area (Å²) in [7, 11) is 1.49. The van der Waals surface area contributed by atoms with Gasteiger partial charge in [-0.25, -0.2) is 0 Å². The molecule has 1 aromatic rings. The number of amides is 5. The molecule has 4 rings (SSSR count). The monoisotopic (exact) mass is 645 g/mol. The van der Waals surface area contributed by atoms with Crippen LogP contribution < -0.4 is 30.7 Å². The van der Waals surface area contributed by atoms with E-state index >= 15 is 0 Å². The van der Waals surface area contributed by atoms with E-state index in [1.165, 1.54) is 14.0 Å². The van der Waals surface area contributed by atoms with Gasteiger partial charge in [0, 0.05) is 38.5 Å². The normalized spacial score (nSPS) is 22.6. The number of methoxy groups -OCH3 is 1. The van der Waals surface area contributed by atoms with Crippen LogP contribution in [0.5, 0.6) is 11.5 Å². The van der Waals surface area contributed by atoms with Gasteiger partial charge < -0.3 is 40.7 Å². The molecule has 2 heterocycles. The Morgan fingerprint density at radius 3 is 2.35 bits per heavy atom. The molecule has 0 radical (unpaired) electrons. The molecule has 5 amide bonds. The molecule has 46 heavy (non-hydrogen) atoms. The number of nitrogens with one attached hydrogen (secondary N) is 4. The van der Waals surface area contributed by atoms with Gasteiger partial charge in [-0.2, -0.15) is 0 Å². The second-order valence-corrected chi connectivity index (χ2v) is 12.6. The van der Waals surface area contributed by atoms with Gasteiger partial charge in [-0.1, -0.05) is 19.9 Å². The predicted octanol–water partition coefficient (Wildman–Crippen LogP) is 1.06. The molecule has 1 fully saturated rings. The van der Waals surface area contributed by atoms with Gasteiger partial charge in [0.15, 0.2) is 18.1 Å². The van der Waals surface area contributed by atoms with Crippen LogP contribution in [0.2, 0.25) is 0 Å². The quantitative estimate of drug-likeness (QED) is 0.296. The fraction of sp³-hybridized carbons (Fsp3) is 0.667. The second kappa shape index (κ2) is 18.3. The van der Waals surface area contributed by atoms with Gasteiger partial charge in [-0.3, -0.25) is 24.0 Å². The second-order valence-electron chi connectivity index (χ2n) is 12.6. The first-order chi connectivity index (χ1) is 22.0. The topological polar surface area (TPSA) is 175 Å². The summed E-state index contributed by atoms with van der Waals surface area (Å²) < 4.78 is 11.1. The number of aliphatic hydroxyl groups is 1. The Labute approximate surface area is 271 Å². The van der Waals surface area contributed by atoms with Crippen molar-refractivity contribution in [2.75, 3.05) is 39.9 Å². The summed E-state index contributed by atoms with van der Waals surface area (Å²) in [5, 5.41) is 21.4. The lowest BCUT2D eigenvalue weighted by Gasteiger charge is -2.26. The van der Waals surface area contributed by atoms with Gasteiger partial charge in [-0.05, 0) is 75.5 Å². The molecule has 1 aromatic carbocycles. The van der Waals surface area contributed by atoms with E-state index < -0.39 is 30.0 Å². The van der Waals surface area contributed by atoms with E-state index in [4.69, 9.17) is 9.47 Å². The zero-order valence-corrected chi connectivity index (χ0v) is 27.6. The number of carbonyl (C=O) groups excluding carboxylic acids is 5. The lowest BCUT2D eigenvalue weighted by molar-refractivity contribution is -0.134. The fourth-order valence-electron chi connectivity index (χ4n) is 5.24. The number of aryl methyl sites for hydroxylation is 1. The summed E-state index contributed by atoms with van der Waals surface area (Å²) in [6.07, 6.45) is 3.22. The minimum Gasteiger partial charge on any atom is -0.493 e. The van der Waals surface area contributed by atoms with Crippen LogP contribution in [-0.2, 0) is 30.4 Å². The molecular formula is C33H51N5O8. The summed E-state index contributed by atoms with van der Waals surface area (Å²) in [6, 6.07) is 3.10. The largest absolute Gasteiger partial charge is 0.493 e. The number of hydrogen-bond acceptors (Lipinski definition) is 8. The summed E-state index contributed by atoms with van der Waals surface area (Å²) in [5.41, 5.74) is 0.797. The Morgan fingerprint density at radius 2 is 1.67 bits per heavy atom. The molecule has 13 nitrogen and oxygen atoms in total. The van der Waals surface area contributed by atoms with Crippen LogP contribution in [0, 0.1) is 11.8 Å². The molecule has 0 aromatic heterocycles. The SMILES string of the molecule is COc1cc2ccc1OCC(=O)NCCCN(C(=O)C1CC1)CCCCNC(=O)[C@H]([C@@H](C)O)NC(=O)[C@@H](CC(C)C)NC(=O)CC2. The van der Waals surface area contributed by atoms with Gasteiger partial charge >= 0.3 is 0 Å². The Kier molecular flexibility index (Phi) is 14.6. The number of aliphatic hydroxyl groups excluding tert-OH is 1. The highest BCUT2D eigenvalue weighted by molar-refractivity contribution is 5.92. The van der Waals surface area contributed by atoms with Crippen molar-refractivity contribution in [3.63, 3.8) is 0 Å². The van der Waals surface area contributed by atoms with Crippen molar-refractivity contribution >= 4 is 29.5 Å². The van der Waals surface area contributed by atoms with E-state index in [2.05, 4.69) is 21.3 Å². The maximum absolute atomic E-state index is 13.3. The van der Waals surface area contributed by atoms with E-state index in [-0.39, 0.29) is 42.6 Å².